The third kappa shape index (κ3) is 6.56. The van der Waals surface area contributed by atoms with E-state index < -0.39 is 10.0 Å². The summed E-state index contributed by atoms with van der Waals surface area (Å²) in [6.45, 7) is 10.7. The molecule has 0 saturated carbocycles. The maximum Gasteiger partial charge on any atom is 0.260 e. The lowest BCUT2D eigenvalue weighted by Crippen LogP contribution is -2.36. The Kier molecular flexibility index (Phi) is 10.2. The van der Waals surface area contributed by atoms with Crippen LogP contribution in [-0.4, -0.2) is 68.8 Å². The first-order valence-corrected chi connectivity index (χ1v) is 13.1. The van der Waals surface area contributed by atoms with Crippen molar-refractivity contribution in [3.05, 3.63) is 78.9 Å². The van der Waals surface area contributed by atoms with Gasteiger partial charge >= 0.3 is 0 Å². The zero-order valence-electron chi connectivity index (χ0n) is 20.2. The Morgan fingerprint density at radius 2 is 1.66 bits per heavy atom. The molecule has 0 aliphatic heterocycles. The lowest BCUT2D eigenvalue weighted by molar-refractivity contribution is 0.0985. The molecular formula is C25H31ClN4O3S2. The molecule has 7 nitrogen and oxygen atoms in total. The summed E-state index contributed by atoms with van der Waals surface area (Å²) < 4.78 is 28.2. The molecule has 10 heteroatoms. The minimum Gasteiger partial charge on any atom is -0.308 e. The van der Waals surface area contributed by atoms with Crippen LogP contribution in [0, 0.1) is 6.92 Å². The summed E-state index contributed by atoms with van der Waals surface area (Å²) in [5.41, 5.74) is 2.34. The highest BCUT2D eigenvalue weighted by Gasteiger charge is 2.25. The molecule has 0 bridgehead atoms. The average molecular weight is 535 g/mol. The molecule has 0 aliphatic rings. The number of thiazole rings is 1. The highest BCUT2D eigenvalue weighted by Crippen LogP contribution is 2.31. The molecular weight excluding hydrogens is 504 g/mol. The van der Waals surface area contributed by atoms with Gasteiger partial charge in [0.2, 0.25) is 10.0 Å². The van der Waals surface area contributed by atoms with E-state index in [4.69, 9.17) is 4.98 Å². The molecule has 0 atom stereocenters. The molecule has 188 valence electrons. The summed E-state index contributed by atoms with van der Waals surface area (Å²) in [5.74, 6) is -0.225. The van der Waals surface area contributed by atoms with Gasteiger partial charge in [0.25, 0.3) is 5.91 Å². The second kappa shape index (κ2) is 12.4. The van der Waals surface area contributed by atoms with Crippen molar-refractivity contribution in [1.82, 2.24) is 14.2 Å². The Hall–Kier alpha value is -2.56. The molecule has 0 radical (unpaired) electrons. The first kappa shape index (κ1) is 28.7. The van der Waals surface area contributed by atoms with Crippen molar-refractivity contribution in [2.24, 2.45) is 0 Å². The second-order valence-corrected chi connectivity index (χ2v) is 11.0. The first-order chi connectivity index (χ1) is 16.2. The van der Waals surface area contributed by atoms with Crippen LogP contribution in [-0.2, 0) is 10.0 Å². The standard InChI is InChI=1S/C25H30N4O3S2.ClH/c1-6-15-28(16-7-2)34(31,32)21-13-11-20(12-14-21)24(30)29(18-17-27(4)5)25-26-23-19(3)9-8-10-22(23)33-25;/h6-14H,1-2,15-18H2,3-5H3;1H. The summed E-state index contributed by atoms with van der Waals surface area (Å²) in [7, 11) is 0.160. The Morgan fingerprint density at radius 1 is 1.03 bits per heavy atom. The van der Waals surface area contributed by atoms with Crippen molar-refractivity contribution in [3.8, 4) is 0 Å². The number of halogens is 1. The van der Waals surface area contributed by atoms with Gasteiger partial charge in [-0.05, 0) is 56.9 Å². The number of nitrogens with zero attached hydrogens (tertiary/aromatic N) is 4. The quantitative estimate of drug-likeness (QED) is 0.336. The van der Waals surface area contributed by atoms with Gasteiger partial charge in [0, 0.05) is 31.7 Å². The first-order valence-electron chi connectivity index (χ1n) is 10.8. The van der Waals surface area contributed by atoms with Gasteiger partial charge in [-0.3, -0.25) is 9.69 Å². The van der Waals surface area contributed by atoms with Gasteiger partial charge in [0.05, 0.1) is 15.1 Å². The Balaban J connectivity index is 0.00000432. The number of hydrogen-bond donors (Lipinski definition) is 0. The minimum atomic E-state index is -3.73. The topological polar surface area (TPSA) is 73.8 Å². The highest BCUT2D eigenvalue weighted by atomic mass is 35.5. The van der Waals surface area contributed by atoms with E-state index in [1.54, 1.807) is 17.0 Å². The predicted molar refractivity (Wildman–Crippen MR) is 147 cm³/mol. The maximum absolute atomic E-state index is 13.5. The van der Waals surface area contributed by atoms with E-state index in [2.05, 4.69) is 13.2 Å². The molecule has 3 aromatic rings. The number of benzene rings is 2. The molecule has 0 aliphatic carbocycles. The summed E-state index contributed by atoms with van der Waals surface area (Å²) in [6, 6.07) is 12.0. The number of likely N-dealkylation sites (N-methyl/N-ethyl adjacent to an activating group) is 1. The van der Waals surface area contributed by atoms with E-state index in [0.29, 0.717) is 23.8 Å². The fourth-order valence-electron chi connectivity index (χ4n) is 3.41. The fourth-order valence-corrected chi connectivity index (χ4v) is 5.86. The van der Waals surface area contributed by atoms with Crippen molar-refractivity contribution in [2.45, 2.75) is 11.8 Å². The lowest BCUT2D eigenvalue weighted by atomic mass is 10.2. The molecule has 0 N–H and O–H groups in total. The normalized spacial score (nSPS) is 11.5. The van der Waals surface area contributed by atoms with Gasteiger partial charge in [-0.1, -0.05) is 35.6 Å². The fraction of sp³-hybridized carbons (Fsp3) is 0.280. The van der Waals surface area contributed by atoms with E-state index in [9.17, 15) is 13.2 Å². The van der Waals surface area contributed by atoms with Crippen LogP contribution in [0.1, 0.15) is 15.9 Å². The summed E-state index contributed by atoms with van der Waals surface area (Å²) >= 11 is 1.47. The molecule has 0 fully saturated rings. The molecule has 0 spiro atoms. The number of amides is 1. The number of carbonyl (C=O) groups excluding carboxylic acids is 1. The van der Waals surface area contributed by atoms with Gasteiger partial charge in [-0.25, -0.2) is 13.4 Å². The molecule has 1 aromatic heterocycles. The zero-order chi connectivity index (χ0) is 24.9. The number of para-hydroxylation sites is 1. The third-order valence-corrected chi connectivity index (χ3v) is 8.15. The number of anilines is 1. The van der Waals surface area contributed by atoms with Crippen molar-refractivity contribution < 1.29 is 13.2 Å². The van der Waals surface area contributed by atoms with Crippen molar-refractivity contribution >= 4 is 55.0 Å². The van der Waals surface area contributed by atoms with Crippen LogP contribution in [0.4, 0.5) is 5.13 Å². The molecule has 2 aromatic carbocycles. The molecule has 1 amide bonds. The Morgan fingerprint density at radius 3 is 2.20 bits per heavy atom. The maximum atomic E-state index is 13.5. The van der Waals surface area contributed by atoms with Crippen LogP contribution >= 0.6 is 23.7 Å². The monoisotopic (exact) mass is 534 g/mol. The van der Waals surface area contributed by atoms with Crippen molar-refractivity contribution in [2.75, 3.05) is 45.2 Å². The van der Waals surface area contributed by atoms with Crippen LogP contribution in [0.3, 0.4) is 0 Å². The number of aryl methyl sites for hydroxylation is 1. The summed E-state index contributed by atoms with van der Waals surface area (Å²) in [4.78, 5) is 22.0. The number of fused-ring (bicyclic) bond motifs is 1. The van der Waals surface area contributed by atoms with E-state index in [0.717, 1.165) is 15.8 Å². The van der Waals surface area contributed by atoms with Crippen molar-refractivity contribution in [3.63, 3.8) is 0 Å². The molecule has 1 heterocycles. The van der Waals surface area contributed by atoms with Gasteiger partial charge in [-0.2, -0.15) is 4.31 Å². The SMILES string of the molecule is C=CCN(CC=C)S(=O)(=O)c1ccc(C(=O)N(CCN(C)C)c2nc3c(C)cccc3s2)cc1.Cl. The van der Waals surface area contributed by atoms with Crippen molar-refractivity contribution in [1.29, 1.82) is 0 Å². The number of hydrogen-bond acceptors (Lipinski definition) is 6. The smallest absolute Gasteiger partial charge is 0.260 e. The molecule has 35 heavy (non-hydrogen) atoms. The zero-order valence-corrected chi connectivity index (χ0v) is 22.6. The summed E-state index contributed by atoms with van der Waals surface area (Å²) in [5, 5.41) is 0.621. The van der Waals surface area contributed by atoms with E-state index in [1.807, 2.05) is 44.1 Å². The number of aromatic nitrogens is 1. The summed E-state index contributed by atoms with van der Waals surface area (Å²) in [6.07, 6.45) is 3.06. The molecule has 0 unspecified atom stereocenters. The molecule has 3 rings (SSSR count). The van der Waals surface area contributed by atoms with Crippen LogP contribution in [0.5, 0.6) is 0 Å². The molecule has 0 saturated heterocycles. The van der Waals surface area contributed by atoms with Crippen LogP contribution < -0.4 is 4.90 Å². The largest absolute Gasteiger partial charge is 0.308 e. The van der Waals surface area contributed by atoms with Gasteiger partial charge in [0.15, 0.2) is 5.13 Å². The Bertz CT molecular complexity index is 1280. The van der Waals surface area contributed by atoms with Gasteiger partial charge < -0.3 is 4.90 Å². The number of carbonyl (C=O) groups is 1. The third-order valence-electron chi connectivity index (χ3n) is 5.26. The Labute approximate surface area is 217 Å². The van der Waals surface area contributed by atoms with Crippen LogP contribution in [0.2, 0.25) is 0 Å². The van der Waals surface area contributed by atoms with E-state index >= 15 is 0 Å². The van der Waals surface area contributed by atoms with Crippen LogP contribution in [0.15, 0.2) is 72.7 Å². The lowest BCUT2D eigenvalue weighted by Gasteiger charge is -2.22. The minimum absolute atomic E-state index is 0. The van der Waals surface area contributed by atoms with Gasteiger partial charge in [-0.15, -0.1) is 25.6 Å². The van der Waals surface area contributed by atoms with Crippen LogP contribution in [0.25, 0.3) is 10.2 Å². The average Bonchev–Trinajstić information content (AvgIpc) is 3.24. The highest BCUT2D eigenvalue weighted by molar-refractivity contribution is 7.89. The number of sulfonamides is 1. The number of rotatable bonds is 11. The second-order valence-electron chi connectivity index (χ2n) is 8.10. The van der Waals surface area contributed by atoms with Gasteiger partial charge in [0.1, 0.15) is 0 Å². The predicted octanol–water partition coefficient (Wildman–Crippen LogP) is 4.60. The van der Waals surface area contributed by atoms with E-state index in [-0.39, 0.29) is 36.3 Å². The van der Waals surface area contributed by atoms with E-state index in [1.165, 1.54) is 39.9 Å².